The summed E-state index contributed by atoms with van der Waals surface area (Å²) >= 11 is 0. The smallest absolute Gasteiger partial charge is 0.248 e. The van der Waals surface area contributed by atoms with Crippen LogP contribution >= 0.6 is 0 Å². The minimum absolute atomic E-state index is 0.155. The molecule has 2 rings (SSSR count). The fourth-order valence-corrected chi connectivity index (χ4v) is 3.11. The zero-order valence-corrected chi connectivity index (χ0v) is 11.1. The highest BCUT2D eigenvalue weighted by atomic mass is 16.5. The van der Waals surface area contributed by atoms with Crippen LogP contribution in [0.5, 0.6) is 0 Å². The van der Waals surface area contributed by atoms with E-state index in [1.54, 1.807) is 7.11 Å². The summed E-state index contributed by atoms with van der Waals surface area (Å²) in [6, 6.07) is 0. The number of carbonyl (C=O) groups is 1. The summed E-state index contributed by atoms with van der Waals surface area (Å²) in [5, 5.41) is 0. The molecule has 2 aliphatic rings. The van der Waals surface area contributed by atoms with E-state index < -0.39 is 0 Å². The summed E-state index contributed by atoms with van der Waals surface area (Å²) in [6.45, 7) is 7.88. The van der Waals surface area contributed by atoms with Crippen molar-refractivity contribution >= 4 is 5.91 Å². The fraction of sp³-hybridized carbons (Fsp3) is 0.923. The van der Waals surface area contributed by atoms with Gasteiger partial charge in [0.25, 0.3) is 0 Å². The van der Waals surface area contributed by atoms with Gasteiger partial charge in [-0.3, -0.25) is 4.79 Å². The molecule has 98 valence electrons. The van der Waals surface area contributed by atoms with Gasteiger partial charge in [0.1, 0.15) is 6.61 Å². The molecule has 0 atom stereocenters. The third kappa shape index (κ3) is 2.80. The zero-order chi connectivity index (χ0) is 12.3. The van der Waals surface area contributed by atoms with Gasteiger partial charge in [-0.1, -0.05) is 6.92 Å². The molecule has 17 heavy (non-hydrogen) atoms. The Hall–Kier alpha value is -0.610. The fourth-order valence-electron chi connectivity index (χ4n) is 3.11. The van der Waals surface area contributed by atoms with Gasteiger partial charge in [0.15, 0.2) is 0 Å². The molecular weight excluding hydrogens is 216 g/mol. The lowest BCUT2D eigenvalue weighted by molar-refractivity contribution is -0.134. The maximum Gasteiger partial charge on any atom is 0.248 e. The standard InChI is InChI=1S/C13H24N2O2/c1-3-14-7-4-13(5-8-14)6-9-15(11-13)12(16)10-17-2/h3-11H2,1-2H3. The Kier molecular flexibility index (Phi) is 4.05. The van der Waals surface area contributed by atoms with Crippen LogP contribution in [0.1, 0.15) is 26.2 Å². The first-order valence-electron chi connectivity index (χ1n) is 6.68. The Morgan fingerprint density at radius 2 is 1.88 bits per heavy atom. The van der Waals surface area contributed by atoms with E-state index in [0.717, 1.165) is 19.6 Å². The van der Waals surface area contributed by atoms with Crippen molar-refractivity contribution in [1.29, 1.82) is 0 Å². The van der Waals surface area contributed by atoms with Crippen molar-refractivity contribution in [3.8, 4) is 0 Å². The topological polar surface area (TPSA) is 32.8 Å². The van der Waals surface area contributed by atoms with Gasteiger partial charge in [-0.15, -0.1) is 0 Å². The van der Waals surface area contributed by atoms with Gasteiger partial charge in [-0.25, -0.2) is 0 Å². The van der Waals surface area contributed by atoms with Crippen LogP contribution in [0.3, 0.4) is 0 Å². The minimum atomic E-state index is 0.155. The molecule has 0 aromatic rings. The van der Waals surface area contributed by atoms with E-state index in [-0.39, 0.29) is 12.5 Å². The van der Waals surface area contributed by atoms with E-state index in [9.17, 15) is 4.79 Å². The van der Waals surface area contributed by atoms with Gasteiger partial charge < -0.3 is 14.5 Å². The first kappa shape index (κ1) is 12.8. The number of likely N-dealkylation sites (tertiary alicyclic amines) is 2. The Bertz CT molecular complexity index is 273. The molecule has 4 heteroatoms. The van der Waals surface area contributed by atoms with Gasteiger partial charge in [0.2, 0.25) is 5.91 Å². The number of methoxy groups -OCH3 is 1. The van der Waals surface area contributed by atoms with E-state index in [1.165, 1.54) is 32.4 Å². The van der Waals surface area contributed by atoms with Crippen molar-refractivity contribution in [1.82, 2.24) is 9.80 Å². The third-order valence-electron chi connectivity index (χ3n) is 4.42. The summed E-state index contributed by atoms with van der Waals surface area (Å²) in [7, 11) is 1.59. The van der Waals surface area contributed by atoms with Gasteiger partial charge in [-0.2, -0.15) is 0 Å². The number of piperidine rings is 1. The lowest BCUT2D eigenvalue weighted by atomic mass is 9.78. The highest BCUT2D eigenvalue weighted by Gasteiger charge is 2.41. The summed E-state index contributed by atoms with van der Waals surface area (Å²) in [5.41, 5.74) is 0.412. The predicted octanol–water partition coefficient (Wildman–Crippen LogP) is 0.967. The average Bonchev–Trinajstić information content (AvgIpc) is 2.75. The van der Waals surface area contributed by atoms with Crippen LogP contribution in [-0.2, 0) is 9.53 Å². The molecule has 4 nitrogen and oxygen atoms in total. The van der Waals surface area contributed by atoms with Gasteiger partial charge in [0.05, 0.1) is 0 Å². The first-order valence-corrected chi connectivity index (χ1v) is 6.68. The highest BCUT2D eigenvalue weighted by Crippen LogP contribution is 2.40. The minimum Gasteiger partial charge on any atom is -0.375 e. The van der Waals surface area contributed by atoms with Crippen LogP contribution in [0.2, 0.25) is 0 Å². The number of rotatable bonds is 3. The first-order chi connectivity index (χ1) is 8.19. The molecule has 2 fully saturated rings. The molecule has 0 aliphatic carbocycles. The van der Waals surface area contributed by atoms with Crippen LogP contribution < -0.4 is 0 Å². The number of carbonyl (C=O) groups excluding carboxylic acids is 1. The molecule has 0 N–H and O–H groups in total. The number of hydrogen-bond acceptors (Lipinski definition) is 3. The second-order valence-corrected chi connectivity index (χ2v) is 5.43. The molecular formula is C13H24N2O2. The molecule has 2 aliphatic heterocycles. The van der Waals surface area contributed by atoms with E-state index >= 15 is 0 Å². The van der Waals surface area contributed by atoms with E-state index in [1.807, 2.05) is 4.90 Å². The van der Waals surface area contributed by atoms with Gasteiger partial charge in [0, 0.05) is 20.2 Å². The SMILES string of the molecule is CCN1CCC2(CC1)CCN(C(=O)COC)C2. The number of nitrogens with zero attached hydrogens (tertiary/aromatic N) is 2. The van der Waals surface area contributed by atoms with Crippen LogP contribution in [-0.4, -0.2) is 62.1 Å². The van der Waals surface area contributed by atoms with Crippen LogP contribution in [0.25, 0.3) is 0 Å². The van der Waals surface area contributed by atoms with Crippen molar-refractivity contribution in [3.05, 3.63) is 0 Å². The van der Waals surface area contributed by atoms with E-state index in [2.05, 4.69) is 11.8 Å². The molecule has 0 aromatic heterocycles. The van der Waals surface area contributed by atoms with Crippen molar-refractivity contribution in [3.63, 3.8) is 0 Å². The summed E-state index contributed by atoms with van der Waals surface area (Å²) < 4.78 is 4.93. The van der Waals surface area contributed by atoms with Crippen LogP contribution in [0.15, 0.2) is 0 Å². The zero-order valence-electron chi connectivity index (χ0n) is 11.1. The average molecular weight is 240 g/mol. The largest absolute Gasteiger partial charge is 0.375 e. The summed E-state index contributed by atoms with van der Waals surface area (Å²) in [4.78, 5) is 16.3. The lowest BCUT2D eigenvalue weighted by Gasteiger charge is -2.38. The number of amides is 1. The Morgan fingerprint density at radius 3 is 2.47 bits per heavy atom. The Balaban J connectivity index is 1.87. The monoisotopic (exact) mass is 240 g/mol. The van der Waals surface area contributed by atoms with Gasteiger partial charge in [-0.05, 0) is 44.3 Å². The Labute approximate surface area is 104 Å². The molecule has 2 heterocycles. The quantitative estimate of drug-likeness (QED) is 0.737. The lowest BCUT2D eigenvalue weighted by Crippen LogP contribution is -2.42. The predicted molar refractivity (Wildman–Crippen MR) is 66.9 cm³/mol. The van der Waals surface area contributed by atoms with Crippen molar-refractivity contribution < 1.29 is 9.53 Å². The molecule has 0 unspecified atom stereocenters. The summed E-state index contributed by atoms with van der Waals surface area (Å²) in [5.74, 6) is 0.155. The molecule has 0 radical (unpaired) electrons. The van der Waals surface area contributed by atoms with E-state index in [4.69, 9.17) is 4.74 Å². The van der Waals surface area contributed by atoms with E-state index in [0.29, 0.717) is 5.41 Å². The highest BCUT2D eigenvalue weighted by molar-refractivity contribution is 5.77. The molecule has 0 saturated carbocycles. The molecule has 0 bridgehead atoms. The molecule has 0 aromatic carbocycles. The van der Waals surface area contributed by atoms with Crippen molar-refractivity contribution in [2.45, 2.75) is 26.2 Å². The Morgan fingerprint density at radius 1 is 1.24 bits per heavy atom. The number of ether oxygens (including phenoxy) is 1. The molecule has 1 spiro atoms. The normalized spacial score (nSPS) is 24.5. The van der Waals surface area contributed by atoms with Crippen LogP contribution in [0.4, 0.5) is 0 Å². The maximum absolute atomic E-state index is 11.8. The second kappa shape index (κ2) is 5.36. The second-order valence-electron chi connectivity index (χ2n) is 5.43. The summed E-state index contributed by atoms with van der Waals surface area (Å²) in [6.07, 6.45) is 3.68. The maximum atomic E-state index is 11.8. The van der Waals surface area contributed by atoms with Crippen molar-refractivity contribution in [2.24, 2.45) is 5.41 Å². The van der Waals surface area contributed by atoms with Crippen molar-refractivity contribution in [2.75, 3.05) is 46.4 Å². The molecule has 2 saturated heterocycles. The molecule has 1 amide bonds. The number of hydrogen-bond donors (Lipinski definition) is 0. The van der Waals surface area contributed by atoms with Gasteiger partial charge >= 0.3 is 0 Å². The third-order valence-corrected chi connectivity index (χ3v) is 4.42. The van der Waals surface area contributed by atoms with Crippen LogP contribution in [0, 0.1) is 5.41 Å².